The number of likely N-dealkylation sites (tertiary alicyclic amines) is 1. The fourth-order valence-electron chi connectivity index (χ4n) is 7.68. The van der Waals surface area contributed by atoms with Crippen LogP contribution in [0.3, 0.4) is 0 Å². The largest absolute Gasteiger partial charge is 0.394 e. The van der Waals surface area contributed by atoms with E-state index in [0.29, 0.717) is 58.8 Å². The summed E-state index contributed by atoms with van der Waals surface area (Å²) in [4.78, 5) is 50.6. The average Bonchev–Trinajstić information content (AvgIpc) is 3.59. The van der Waals surface area contributed by atoms with Crippen molar-refractivity contribution in [2.45, 2.75) is 56.5 Å². The van der Waals surface area contributed by atoms with Gasteiger partial charge in [0.15, 0.2) is 0 Å². The second kappa shape index (κ2) is 12.9. The van der Waals surface area contributed by atoms with Crippen LogP contribution >= 0.6 is 0 Å². The first-order valence-electron chi connectivity index (χ1n) is 15.5. The second-order valence-corrected chi connectivity index (χ2v) is 12.5. The van der Waals surface area contributed by atoms with E-state index in [9.17, 15) is 19.5 Å². The van der Waals surface area contributed by atoms with Crippen molar-refractivity contribution in [3.8, 4) is 0 Å². The van der Waals surface area contributed by atoms with E-state index in [2.05, 4.69) is 18.1 Å². The zero-order chi connectivity index (χ0) is 30.8. The van der Waals surface area contributed by atoms with Gasteiger partial charge in [-0.15, -0.1) is 13.2 Å². The molecule has 4 heterocycles. The van der Waals surface area contributed by atoms with Gasteiger partial charge in [0.05, 0.1) is 43.3 Å². The lowest BCUT2D eigenvalue weighted by Crippen LogP contribution is -2.59. The number of hydrogen-bond acceptors (Lipinski definition) is 7. The van der Waals surface area contributed by atoms with E-state index in [-0.39, 0.29) is 24.3 Å². The number of amides is 3. The Bertz CT molecular complexity index is 1210. The molecule has 2 bridgehead atoms. The highest BCUT2D eigenvalue weighted by atomic mass is 16.5. The average molecular weight is 595 g/mol. The lowest BCUT2D eigenvalue weighted by atomic mass is 9.66. The van der Waals surface area contributed by atoms with E-state index in [1.165, 1.54) is 4.90 Å². The molecule has 1 aromatic carbocycles. The number of rotatable bonds is 13. The van der Waals surface area contributed by atoms with E-state index < -0.39 is 35.1 Å². The van der Waals surface area contributed by atoms with Gasteiger partial charge in [-0.3, -0.25) is 19.3 Å². The molecule has 5 rings (SSSR count). The summed E-state index contributed by atoms with van der Waals surface area (Å²) in [5, 5.41) is 10.2. The molecule has 4 saturated heterocycles. The van der Waals surface area contributed by atoms with Crippen LogP contribution in [-0.4, -0.2) is 125 Å². The van der Waals surface area contributed by atoms with Crippen molar-refractivity contribution in [2.75, 3.05) is 59.1 Å². The Morgan fingerprint density at radius 1 is 1.09 bits per heavy atom. The van der Waals surface area contributed by atoms with Crippen LogP contribution in [0.2, 0.25) is 0 Å². The third-order valence-corrected chi connectivity index (χ3v) is 9.78. The van der Waals surface area contributed by atoms with Gasteiger partial charge in [0.25, 0.3) is 0 Å². The van der Waals surface area contributed by atoms with Crippen LogP contribution in [0, 0.1) is 11.8 Å². The molecule has 4 aliphatic rings. The maximum atomic E-state index is 14.5. The molecule has 1 spiro atoms. The van der Waals surface area contributed by atoms with Crippen molar-refractivity contribution in [3.63, 3.8) is 0 Å². The van der Waals surface area contributed by atoms with Crippen molar-refractivity contribution in [1.29, 1.82) is 0 Å². The van der Waals surface area contributed by atoms with Crippen molar-refractivity contribution >= 4 is 17.7 Å². The minimum absolute atomic E-state index is 0.175. The van der Waals surface area contributed by atoms with E-state index >= 15 is 0 Å². The first-order valence-corrected chi connectivity index (χ1v) is 15.5. The molecule has 3 amide bonds. The summed E-state index contributed by atoms with van der Waals surface area (Å²) in [6.45, 7) is 16.2. The van der Waals surface area contributed by atoms with Gasteiger partial charge < -0.3 is 29.3 Å². The molecule has 0 aromatic heterocycles. The van der Waals surface area contributed by atoms with Crippen molar-refractivity contribution in [1.82, 2.24) is 19.6 Å². The SMILES string of the molecule is C=CCN(CCN1CCOCC1)C(=O)C1N([C@H](C)CO)C(=O)[C@@H]2[C@@H](C(=O)N(CC=C)Cc3ccccc3)[C@@]3(C)CCC12O3. The summed E-state index contributed by atoms with van der Waals surface area (Å²) in [5.41, 5.74) is -1.07. The Hall–Kier alpha value is -3.05. The lowest BCUT2D eigenvalue weighted by molar-refractivity contribution is -0.156. The Morgan fingerprint density at radius 3 is 2.42 bits per heavy atom. The highest BCUT2D eigenvalue weighted by Crippen LogP contribution is 2.63. The number of benzene rings is 1. The zero-order valence-corrected chi connectivity index (χ0v) is 25.5. The number of fused-ring (bicyclic) bond motifs is 1. The Labute approximate surface area is 254 Å². The second-order valence-electron chi connectivity index (χ2n) is 12.5. The van der Waals surface area contributed by atoms with Crippen molar-refractivity contribution in [3.05, 3.63) is 61.2 Å². The predicted octanol–water partition coefficient (Wildman–Crippen LogP) is 1.69. The minimum atomic E-state index is -1.16. The number of hydrogen-bond donors (Lipinski definition) is 1. The van der Waals surface area contributed by atoms with Gasteiger partial charge in [-0.2, -0.15) is 0 Å². The quantitative estimate of drug-likeness (QED) is 0.347. The fourth-order valence-corrected chi connectivity index (χ4v) is 7.68. The molecule has 43 heavy (non-hydrogen) atoms. The standard InChI is InChI=1S/C33H46N4O6/c1-5-14-35(17-16-34-18-20-42-21-19-34)31(41)28-33-13-12-32(4,43-33)26(27(33)30(40)37(28)24(3)23-38)29(39)36(15-6-2)22-25-10-8-7-9-11-25/h5-11,24,26-28,38H,1-2,12-23H2,3-4H3/t24-,26+,27+,28?,32-,33?/m1/s1. The van der Waals surface area contributed by atoms with Gasteiger partial charge in [-0.05, 0) is 32.3 Å². The molecular weight excluding hydrogens is 548 g/mol. The van der Waals surface area contributed by atoms with Gasteiger partial charge >= 0.3 is 0 Å². The monoisotopic (exact) mass is 594 g/mol. The third-order valence-electron chi connectivity index (χ3n) is 9.78. The van der Waals surface area contributed by atoms with Crippen LogP contribution in [0.4, 0.5) is 0 Å². The zero-order valence-electron chi connectivity index (χ0n) is 25.5. The molecule has 6 atom stereocenters. The topological polar surface area (TPSA) is 103 Å². The number of aliphatic hydroxyl groups excluding tert-OH is 1. The Morgan fingerprint density at radius 2 is 1.77 bits per heavy atom. The molecule has 0 aliphatic carbocycles. The van der Waals surface area contributed by atoms with Gasteiger partial charge in [-0.1, -0.05) is 42.5 Å². The number of ether oxygens (including phenoxy) is 2. The molecular formula is C33H46N4O6. The van der Waals surface area contributed by atoms with E-state index in [4.69, 9.17) is 9.47 Å². The molecule has 0 radical (unpaired) electrons. The molecule has 10 heteroatoms. The summed E-state index contributed by atoms with van der Waals surface area (Å²) < 4.78 is 12.3. The maximum absolute atomic E-state index is 14.5. The lowest BCUT2D eigenvalue weighted by Gasteiger charge is -2.39. The van der Waals surface area contributed by atoms with Gasteiger partial charge in [0, 0.05) is 45.8 Å². The van der Waals surface area contributed by atoms with Gasteiger partial charge in [-0.25, -0.2) is 0 Å². The smallest absolute Gasteiger partial charge is 0.248 e. The number of nitrogens with zero attached hydrogens (tertiary/aromatic N) is 4. The summed E-state index contributed by atoms with van der Waals surface area (Å²) in [6.07, 6.45) is 4.43. The van der Waals surface area contributed by atoms with Gasteiger partial charge in [0.2, 0.25) is 17.7 Å². The first kappa shape index (κ1) is 31.4. The predicted molar refractivity (Wildman–Crippen MR) is 162 cm³/mol. The molecule has 0 saturated carbocycles. The number of aliphatic hydroxyl groups is 1. The van der Waals surface area contributed by atoms with E-state index in [0.717, 1.165) is 18.7 Å². The van der Waals surface area contributed by atoms with E-state index in [1.54, 1.807) is 28.9 Å². The Kier molecular flexibility index (Phi) is 9.41. The molecule has 234 valence electrons. The molecule has 4 fully saturated rings. The van der Waals surface area contributed by atoms with Crippen LogP contribution in [0.5, 0.6) is 0 Å². The van der Waals surface area contributed by atoms with Gasteiger partial charge in [0.1, 0.15) is 11.6 Å². The maximum Gasteiger partial charge on any atom is 0.248 e. The molecule has 1 aromatic rings. The third kappa shape index (κ3) is 5.66. The van der Waals surface area contributed by atoms with Crippen LogP contribution in [0.1, 0.15) is 32.3 Å². The normalized spacial score (nSPS) is 30.6. The molecule has 10 nitrogen and oxygen atoms in total. The molecule has 2 unspecified atom stereocenters. The van der Waals surface area contributed by atoms with Crippen LogP contribution < -0.4 is 0 Å². The highest BCUT2D eigenvalue weighted by Gasteiger charge is 2.78. The van der Waals surface area contributed by atoms with Crippen LogP contribution in [-0.2, 0) is 30.4 Å². The number of carbonyl (C=O) groups excluding carboxylic acids is 3. The summed E-state index contributed by atoms with van der Waals surface area (Å²) in [7, 11) is 0. The van der Waals surface area contributed by atoms with Crippen molar-refractivity contribution < 1.29 is 29.0 Å². The summed E-state index contributed by atoms with van der Waals surface area (Å²) >= 11 is 0. The van der Waals surface area contributed by atoms with Crippen molar-refractivity contribution in [2.24, 2.45) is 11.8 Å². The summed E-state index contributed by atoms with van der Waals surface area (Å²) in [6, 6.07) is 8.16. The number of carbonyl (C=O) groups is 3. The van der Waals surface area contributed by atoms with Crippen LogP contribution in [0.25, 0.3) is 0 Å². The summed E-state index contributed by atoms with van der Waals surface area (Å²) in [5.74, 6) is -2.29. The number of morpholine rings is 1. The fraction of sp³-hybridized carbons (Fsp3) is 0.606. The first-order chi connectivity index (χ1) is 20.7. The molecule has 1 N–H and O–H groups in total. The molecule has 4 aliphatic heterocycles. The van der Waals surface area contributed by atoms with E-state index in [1.807, 2.05) is 37.3 Å². The Balaban J connectivity index is 1.47. The van der Waals surface area contributed by atoms with Crippen LogP contribution in [0.15, 0.2) is 55.6 Å². The highest BCUT2D eigenvalue weighted by molar-refractivity contribution is 5.99. The minimum Gasteiger partial charge on any atom is -0.394 e.